The van der Waals surface area contributed by atoms with Crippen molar-refractivity contribution in [3.8, 4) is 17.2 Å². The van der Waals surface area contributed by atoms with E-state index in [1.165, 1.54) is 39.0 Å². The topological polar surface area (TPSA) is 96.1 Å². The molecule has 12 heteroatoms. The van der Waals surface area contributed by atoms with Crippen molar-refractivity contribution in [3.05, 3.63) is 107 Å². The summed E-state index contributed by atoms with van der Waals surface area (Å²) in [6.45, 7) is 4.06. The average Bonchev–Trinajstić information content (AvgIpc) is 3.83. The maximum atomic E-state index is 14.7. The van der Waals surface area contributed by atoms with Crippen LogP contribution >= 0.6 is 0 Å². The van der Waals surface area contributed by atoms with Gasteiger partial charge in [-0.15, -0.1) is 0 Å². The van der Waals surface area contributed by atoms with Crippen LogP contribution in [0.15, 0.2) is 79.1 Å². The van der Waals surface area contributed by atoms with Gasteiger partial charge in [-0.1, -0.05) is 18.2 Å². The van der Waals surface area contributed by atoms with E-state index in [4.69, 9.17) is 19.2 Å². The van der Waals surface area contributed by atoms with E-state index in [-0.39, 0.29) is 11.9 Å². The Kier molecular flexibility index (Phi) is 10.3. The second-order valence-electron chi connectivity index (χ2n) is 13.7. The van der Waals surface area contributed by atoms with Crippen LogP contribution in [0.25, 0.3) is 11.0 Å². The van der Waals surface area contributed by atoms with Crippen LogP contribution in [0.3, 0.4) is 0 Å². The van der Waals surface area contributed by atoms with Crippen LogP contribution < -0.4 is 19.1 Å². The first kappa shape index (κ1) is 35.2. The molecule has 1 unspecified atom stereocenters. The first-order valence-electron chi connectivity index (χ1n) is 17.7. The molecule has 7 rings (SSSR count). The predicted molar refractivity (Wildman–Crippen MR) is 195 cm³/mol. The summed E-state index contributed by atoms with van der Waals surface area (Å²) in [5.74, 6) is 0.0812. The van der Waals surface area contributed by atoms with E-state index in [9.17, 15) is 13.6 Å². The number of nitrogens with one attached hydrogen (secondary N) is 1. The molecule has 10 nitrogen and oxygen atoms in total. The second kappa shape index (κ2) is 15.2. The molecule has 4 heterocycles. The Morgan fingerprint density at radius 3 is 2.33 bits per heavy atom. The van der Waals surface area contributed by atoms with Crippen molar-refractivity contribution in [2.24, 2.45) is 0 Å². The molecule has 52 heavy (non-hydrogen) atoms. The van der Waals surface area contributed by atoms with Gasteiger partial charge in [-0.3, -0.25) is 9.78 Å². The molecule has 2 aliphatic heterocycles. The largest absolute Gasteiger partial charge is 0.493 e. The number of aromatic nitrogens is 3. The second-order valence-corrected chi connectivity index (χ2v) is 13.7. The lowest BCUT2D eigenvalue weighted by Gasteiger charge is -2.40. The van der Waals surface area contributed by atoms with Crippen LogP contribution in [0.5, 0.6) is 17.2 Å². The number of anilines is 1. The Morgan fingerprint density at radius 1 is 0.923 bits per heavy atom. The van der Waals surface area contributed by atoms with Crippen molar-refractivity contribution in [3.63, 3.8) is 0 Å². The Balaban J connectivity index is 1.07. The summed E-state index contributed by atoms with van der Waals surface area (Å²) < 4.78 is 45.3. The Labute approximate surface area is 302 Å². The number of methoxy groups -OCH3 is 3. The van der Waals surface area contributed by atoms with Gasteiger partial charge in [-0.05, 0) is 91.9 Å². The van der Waals surface area contributed by atoms with Gasteiger partial charge in [0.15, 0.2) is 23.1 Å². The molecule has 0 saturated carbocycles. The molecule has 0 bridgehead atoms. The number of nitrogens with zero attached hydrogens (tertiary/aromatic N) is 5. The van der Waals surface area contributed by atoms with Crippen molar-refractivity contribution < 1.29 is 27.8 Å². The van der Waals surface area contributed by atoms with Crippen LogP contribution in [-0.4, -0.2) is 90.8 Å². The third-order valence-electron chi connectivity index (χ3n) is 10.7. The van der Waals surface area contributed by atoms with Gasteiger partial charge in [0.1, 0.15) is 0 Å². The van der Waals surface area contributed by atoms with Gasteiger partial charge in [-0.25, -0.2) is 13.8 Å². The summed E-state index contributed by atoms with van der Waals surface area (Å²) in [4.78, 5) is 33.2. The normalized spacial score (nSPS) is 18.1. The quantitative estimate of drug-likeness (QED) is 0.155. The Bertz CT molecular complexity index is 1960. The zero-order valence-electron chi connectivity index (χ0n) is 29.8. The van der Waals surface area contributed by atoms with Gasteiger partial charge in [0.2, 0.25) is 11.7 Å². The minimum absolute atomic E-state index is 0.190. The summed E-state index contributed by atoms with van der Waals surface area (Å²) >= 11 is 0. The van der Waals surface area contributed by atoms with Crippen LogP contribution in [0, 0.1) is 11.6 Å². The SMILES string of the molecule is COc1cc(C(=O)N2CCC(CCN3CCC(N(Cc4ccncc4)c4nc5ccccc5[nH]4)CC3)(c3ccc(F)c(F)c3)C2)cc(OC)c1OC. The summed E-state index contributed by atoms with van der Waals surface area (Å²) in [6.07, 6.45) is 6.82. The van der Waals surface area contributed by atoms with E-state index in [0.717, 1.165) is 49.5 Å². The van der Waals surface area contributed by atoms with Gasteiger partial charge in [0, 0.05) is 62.1 Å². The van der Waals surface area contributed by atoms with Gasteiger partial charge in [0.05, 0.1) is 32.4 Å². The van der Waals surface area contributed by atoms with E-state index >= 15 is 0 Å². The predicted octanol–water partition coefficient (Wildman–Crippen LogP) is 6.61. The summed E-state index contributed by atoms with van der Waals surface area (Å²) in [7, 11) is 4.53. The number of imidazole rings is 1. The van der Waals surface area contributed by atoms with E-state index in [0.29, 0.717) is 60.9 Å². The average molecular weight is 711 g/mol. The standard InChI is InChI=1S/C40H44F2N6O4/c1-50-35-22-28(23-36(51-2)37(35)52-3)38(49)47-21-15-40(26-47,29-8-9-31(41)32(42)24-29)14-20-46-18-12-30(13-19-46)48(25-27-10-16-43-17-11-27)39-44-33-6-4-5-7-34(33)45-39/h4-11,16-17,22-24,30H,12-15,18-21,25-26H2,1-3H3,(H,44,45). The molecule has 3 aromatic carbocycles. The minimum atomic E-state index is -0.884. The van der Waals surface area contributed by atoms with Crippen LogP contribution in [-0.2, 0) is 12.0 Å². The fourth-order valence-electron chi connectivity index (χ4n) is 7.81. The van der Waals surface area contributed by atoms with Gasteiger partial charge < -0.3 is 33.9 Å². The number of para-hydroxylation sites is 2. The number of pyridine rings is 1. The molecular weight excluding hydrogens is 666 g/mol. The number of benzene rings is 3. The van der Waals surface area contributed by atoms with Gasteiger partial charge in [0.25, 0.3) is 5.91 Å². The fraction of sp³-hybridized carbons (Fsp3) is 0.375. The zero-order valence-corrected chi connectivity index (χ0v) is 29.8. The molecule has 1 N–H and O–H groups in total. The number of hydrogen-bond acceptors (Lipinski definition) is 8. The van der Waals surface area contributed by atoms with Crippen molar-refractivity contribution in [2.75, 3.05) is 59.0 Å². The van der Waals surface area contributed by atoms with Crippen LogP contribution in [0.1, 0.15) is 47.2 Å². The van der Waals surface area contributed by atoms with Gasteiger partial charge in [-0.2, -0.15) is 0 Å². The smallest absolute Gasteiger partial charge is 0.254 e. The number of likely N-dealkylation sites (tertiary alicyclic amines) is 2. The number of hydrogen-bond donors (Lipinski definition) is 1. The number of rotatable bonds is 12. The lowest BCUT2D eigenvalue weighted by molar-refractivity contribution is 0.0779. The molecule has 0 spiro atoms. The molecule has 1 atom stereocenters. The number of H-pyrrole nitrogens is 1. The highest BCUT2D eigenvalue weighted by Crippen LogP contribution is 2.42. The number of fused-ring (bicyclic) bond motifs is 1. The summed E-state index contributed by atoms with van der Waals surface area (Å²) in [5.41, 5.74) is 3.66. The van der Waals surface area contributed by atoms with E-state index in [2.05, 4.69) is 19.8 Å². The highest BCUT2D eigenvalue weighted by Gasteiger charge is 2.42. The van der Waals surface area contributed by atoms with Crippen LogP contribution in [0.2, 0.25) is 0 Å². The lowest BCUT2D eigenvalue weighted by Crippen LogP contribution is -2.46. The lowest BCUT2D eigenvalue weighted by atomic mass is 9.76. The molecular formula is C40H44F2N6O4. The van der Waals surface area contributed by atoms with E-state index < -0.39 is 17.0 Å². The summed E-state index contributed by atoms with van der Waals surface area (Å²) in [5, 5.41) is 0. The number of amides is 1. The summed E-state index contributed by atoms with van der Waals surface area (Å²) in [6, 6.07) is 19.9. The Morgan fingerprint density at radius 2 is 1.65 bits per heavy atom. The fourth-order valence-corrected chi connectivity index (χ4v) is 7.81. The Hall–Kier alpha value is -5.23. The van der Waals surface area contributed by atoms with E-state index in [1.807, 2.05) is 48.8 Å². The highest BCUT2D eigenvalue weighted by atomic mass is 19.2. The molecule has 2 aliphatic rings. The number of ether oxygens (including phenoxy) is 3. The molecule has 5 aromatic rings. The zero-order chi connectivity index (χ0) is 36.2. The molecule has 0 radical (unpaired) electrons. The molecule has 2 fully saturated rings. The monoisotopic (exact) mass is 710 g/mol. The van der Waals surface area contributed by atoms with Crippen molar-refractivity contribution in [2.45, 2.75) is 43.7 Å². The maximum absolute atomic E-state index is 14.7. The molecule has 2 saturated heterocycles. The first-order chi connectivity index (χ1) is 25.3. The van der Waals surface area contributed by atoms with Crippen molar-refractivity contribution >= 4 is 22.9 Å². The molecule has 1 amide bonds. The molecule has 272 valence electrons. The molecule has 0 aliphatic carbocycles. The van der Waals surface area contributed by atoms with Gasteiger partial charge >= 0.3 is 0 Å². The van der Waals surface area contributed by atoms with E-state index in [1.54, 1.807) is 23.1 Å². The third kappa shape index (κ3) is 7.12. The van der Waals surface area contributed by atoms with Crippen LogP contribution in [0.4, 0.5) is 14.7 Å². The number of carbonyl (C=O) groups is 1. The molecule has 2 aromatic heterocycles. The first-order valence-corrected chi connectivity index (χ1v) is 17.7. The van der Waals surface area contributed by atoms with Crippen molar-refractivity contribution in [1.82, 2.24) is 24.8 Å². The third-order valence-corrected chi connectivity index (χ3v) is 10.7. The maximum Gasteiger partial charge on any atom is 0.254 e. The number of aromatic amines is 1. The number of piperidine rings is 1. The minimum Gasteiger partial charge on any atom is -0.493 e. The number of carbonyl (C=O) groups excluding carboxylic acids is 1. The number of halogens is 2. The highest BCUT2D eigenvalue weighted by molar-refractivity contribution is 5.96. The van der Waals surface area contributed by atoms with Crippen molar-refractivity contribution in [1.29, 1.82) is 0 Å².